The fraction of sp³-hybridized carbons (Fsp3) is 1.00. The second kappa shape index (κ2) is 12.9. The Labute approximate surface area is 311 Å². The molecular weight excluding hydrogens is 655 g/mol. The Bertz CT molecular complexity index is 1350. The van der Waals surface area contributed by atoms with Gasteiger partial charge in [-0.25, -0.2) is 8.42 Å². The van der Waals surface area contributed by atoms with Crippen molar-refractivity contribution in [1.29, 1.82) is 0 Å². The van der Waals surface area contributed by atoms with E-state index in [1.807, 2.05) is 4.31 Å². The first-order valence-corrected chi connectivity index (χ1v) is 23.7. The van der Waals surface area contributed by atoms with Gasteiger partial charge in [-0.05, 0) is 119 Å². The van der Waals surface area contributed by atoms with Gasteiger partial charge in [-0.1, -0.05) is 66.2 Å². The molecule has 290 valence electrons. The molecule has 0 aromatic rings. The summed E-state index contributed by atoms with van der Waals surface area (Å²) in [6, 6.07) is 3.49. The second-order valence-corrected chi connectivity index (χ2v) is 22.9. The van der Waals surface area contributed by atoms with Crippen molar-refractivity contribution in [1.82, 2.24) is 14.1 Å². The largest absolute Gasteiger partial charge is 0.395 e. The summed E-state index contributed by atoms with van der Waals surface area (Å²) in [5.41, 5.74) is 0.229. The van der Waals surface area contributed by atoms with E-state index in [1.54, 1.807) is 0 Å². The van der Waals surface area contributed by atoms with E-state index in [4.69, 9.17) is 4.74 Å². The summed E-state index contributed by atoms with van der Waals surface area (Å²) < 4.78 is 39.2. The average molecular weight is 728 g/mol. The van der Waals surface area contributed by atoms with Crippen LogP contribution in [-0.2, 0) is 14.8 Å². The third-order valence-corrected chi connectivity index (χ3v) is 21.3. The molecule has 0 aromatic heterocycles. The summed E-state index contributed by atoms with van der Waals surface area (Å²) in [6.45, 7) is 15.4. The van der Waals surface area contributed by atoms with Crippen LogP contribution in [0, 0.1) is 40.4 Å². The minimum Gasteiger partial charge on any atom is -0.395 e. The molecule has 1 spiro atoms. The zero-order chi connectivity index (χ0) is 35.7. The molecule has 14 unspecified atom stereocenters. The lowest BCUT2D eigenvalue weighted by molar-refractivity contribution is -0.231. The normalized spacial score (nSPS) is 52.1. The monoisotopic (exact) mass is 728 g/mol. The molecule has 7 nitrogen and oxygen atoms in total. The van der Waals surface area contributed by atoms with Crippen LogP contribution < -0.4 is 0 Å². The summed E-state index contributed by atoms with van der Waals surface area (Å²) in [4.78, 5) is 5.98. The highest BCUT2D eigenvalue weighted by atomic mass is 32.2. The minimum absolute atomic E-state index is 0.0891. The lowest BCUT2D eigenvalue weighted by atomic mass is 9.52. The number of hydrogen-bond acceptors (Lipinski definition) is 6. The zero-order valence-electron chi connectivity index (χ0n) is 33.1. The number of sulfonamides is 1. The van der Waals surface area contributed by atoms with Crippen LogP contribution in [0.2, 0.25) is 0 Å². The van der Waals surface area contributed by atoms with Crippen molar-refractivity contribution in [2.45, 2.75) is 216 Å². The first-order valence-electron chi connectivity index (χ1n) is 22.2. The highest BCUT2D eigenvalue weighted by Crippen LogP contribution is 2.65. The van der Waals surface area contributed by atoms with E-state index in [1.165, 1.54) is 51.4 Å². The lowest BCUT2D eigenvalue weighted by Crippen LogP contribution is -2.72. The molecule has 0 aromatic carbocycles. The van der Waals surface area contributed by atoms with Gasteiger partial charge in [0.15, 0.2) is 0 Å². The molecule has 5 saturated carbocycles. The Morgan fingerprint density at radius 3 is 1.55 bits per heavy atom. The van der Waals surface area contributed by atoms with E-state index in [0.29, 0.717) is 47.1 Å². The first-order chi connectivity index (χ1) is 24.4. The number of aliphatic hydroxyl groups is 1. The molecule has 0 radical (unpaired) electrons. The summed E-state index contributed by atoms with van der Waals surface area (Å²) in [5.74, 6) is 2.17. The number of β-amino-alcohol motifs (C(OH)–C–C–N with tert-alkyl or cyclic N) is 1. The van der Waals surface area contributed by atoms with Crippen molar-refractivity contribution in [2.24, 2.45) is 40.4 Å². The molecule has 4 heterocycles. The van der Waals surface area contributed by atoms with Crippen molar-refractivity contribution < 1.29 is 18.3 Å². The van der Waals surface area contributed by atoms with E-state index in [-0.39, 0.29) is 48.4 Å². The molecule has 8 heteroatoms. The number of fused-ring (bicyclic) bond motifs is 8. The molecule has 51 heavy (non-hydrogen) atoms. The Balaban J connectivity index is 1.09. The molecule has 0 amide bonds. The Kier molecular flexibility index (Phi) is 9.20. The van der Waals surface area contributed by atoms with E-state index >= 15 is 0 Å². The predicted molar refractivity (Wildman–Crippen MR) is 204 cm³/mol. The fourth-order valence-corrected chi connectivity index (χ4v) is 19.1. The maximum absolute atomic E-state index is 14.8. The van der Waals surface area contributed by atoms with Gasteiger partial charge in [0.05, 0.1) is 29.6 Å². The van der Waals surface area contributed by atoms with Crippen molar-refractivity contribution >= 4 is 10.0 Å². The predicted octanol–water partition coefficient (Wildman–Crippen LogP) is 7.60. The molecular formula is C43H73N3O4S. The van der Waals surface area contributed by atoms with Gasteiger partial charge in [0.2, 0.25) is 10.0 Å². The summed E-state index contributed by atoms with van der Waals surface area (Å²) in [7, 11) is -3.50. The van der Waals surface area contributed by atoms with Crippen LogP contribution in [-0.4, -0.2) is 100 Å². The van der Waals surface area contributed by atoms with E-state index in [9.17, 15) is 13.5 Å². The van der Waals surface area contributed by atoms with E-state index < -0.39 is 15.6 Å². The Hall–Kier alpha value is -0.250. The minimum atomic E-state index is -3.50. The summed E-state index contributed by atoms with van der Waals surface area (Å²) >= 11 is 0. The molecule has 4 aliphatic heterocycles. The van der Waals surface area contributed by atoms with Gasteiger partial charge in [-0.3, -0.25) is 9.80 Å². The molecule has 9 fully saturated rings. The summed E-state index contributed by atoms with van der Waals surface area (Å²) in [6.07, 6.45) is 21.6. The summed E-state index contributed by atoms with van der Waals surface area (Å²) in [5, 5.41) is 10.3. The van der Waals surface area contributed by atoms with E-state index in [0.717, 1.165) is 76.0 Å². The number of likely N-dealkylation sites (tertiary alicyclic amines) is 2. The van der Waals surface area contributed by atoms with Crippen LogP contribution in [0.5, 0.6) is 0 Å². The van der Waals surface area contributed by atoms with Crippen LogP contribution in [0.15, 0.2) is 0 Å². The molecule has 14 atom stereocenters. The number of ether oxygens (including phenoxy) is 1. The smallest absolute Gasteiger partial charge is 0.217 e. The van der Waals surface area contributed by atoms with Gasteiger partial charge in [0.25, 0.3) is 0 Å². The number of nitrogens with zero attached hydrogens (tertiary/aromatic N) is 3. The number of aliphatic hydroxyl groups excluding tert-OH is 1. The SMILES string of the molecule is CC1N(C2CCC3C(C2)OC2CC(N4C5CCCCC5C(C)(C)C4C)CCC2C32C3CCCCC3S(=O)(=O)N2CCO)C2CCCCC2C1(C)C. The van der Waals surface area contributed by atoms with Crippen LogP contribution >= 0.6 is 0 Å². The van der Waals surface area contributed by atoms with Crippen LogP contribution in [0.25, 0.3) is 0 Å². The third-order valence-electron chi connectivity index (χ3n) is 18.8. The highest BCUT2D eigenvalue weighted by Gasteiger charge is 2.73. The van der Waals surface area contributed by atoms with Gasteiger partial charge < -0.3 is 9.84 Å². The molecule has 4 saturated heterocycles. The molecule has 9 rings (SSSR count). The lowest BCUT2D eigenvalue weighted by Gasteiger charge is -2.64. The maximum atomic E-state index is 14.8. The van der Waals surface area contributed by atoms with Gasteiger partial charge in [0.1, 0.15) is 0 Å². The van der Waals surface area contributed by atoms with Gasteiger partial charge in [-0.2, -0.15) is 4.31 Å². The third kappa shape index (κ3) is 5.06. The van der Waals surface area contributed by atoms with Crippen molar-refractivity contribution in [2.75, 3.05) is 13.2 Å². The van der Waals surface area contributed by atoms with Crippen LogP contribution in [0.1, 0.15) is 157 Å². The molecule has 0 bridgehead atoms. The topological polar surface area (TPSA) is 73.3 Å². The standard InChI is InChI=1S/C43H73N3O4S/c1-27-41(3,4)31-13-7-10-16-36(31)45(27)29-19-21-33-38(25-29)50-39-26-30(46-28(2)42(5,6)32-14-8-11-17-37(32)46)20-22-34(39)43(33)35-15-9-12-18-40(35)51(48,49)44(43)23-24-47/h27-40,47H,7-26H2,1-6H3. The maximum Gasteiger partial charge on any atom is 0.217 e. The number of hydrogen-bond donors (Lipinski definition) is 1. The molecule has 9 aliphatic rings. The number of rotatable bonds is 4. The first kappa shape index (κ1) is 36.4. The van der Waals surface area contributed by atoms with Gasteiger partial charge in [0, 0.05) is 54.6 Å². The molecule has 1 N–H and O–H groups in total. The van der Waals surface area contributed by atoms with Gasteiger partial charge in [-0.15, -0.1) is 0 Å². The average Bonchev–Trinajstić information content (AvgIpc) is 3.55. The Morgan fingerprint density at radius 2 is 1.06 bits per heavy atom. The molecule has 5 aliphatic carbocycles. The van der Waals surface area contributed by atoms with Crippen LogP contribution in [0.3, 0.4) is 0 Å². The van der Waals surface area contributed by atoms with Crippen molar-refractivity contribution in [3.63, 3.8) is 0 Å². The highest BCUT2D eigenvalue weighted by molar-refractivity contribution is 7.90. The van der Waals surface area contributed by atoms with Crippen LogP contribution in [0.4, 0.5) is 0 Å². The van der Waals surface area contributed by atoms with Crippen molar-refractivity contribution in [3.05, 3.63) is 0 Å². The second-order valence-electron chi connectivity index (χ2n) is 20.8. The van der Waals surface area contributed by atoms with E-state index in [2.05, 4.69) is 51.3 Å². The van der Waals surface area contributed by atoms with Gasteiger partial charge >= 0.3 is 0 Å². The fourth-order valence-electron chi connectivity index (χ4n) is 16.3. The Morgan fingerprint density at radius 1 is 0.608 bits per heavy atom. The quantitative estimate of drug-likeness (QED) is 0.322. The van der Waals surface area contributed by atoms with Crippen molar-refractivity contribution in [3.8, 4) is 0 Å². The zero-order valence-corrected chi connectivity index (χ0v) is 34.0.